The molecule has 3 aromatic rings. The second kappa shape index (κ2) is 4.14. The summed E-state index contributed by atoms with van der Waals surface area (Å²) in [5.41, 5.74) is 10.6. The molecule has 1 aromatic carbocycles. The molecule has 0 saturated carbocycles. The Morgan fingerprint density at radius 2 is 2.17 bits per heavy atom. The first kappa shape index (κ1) is 11.3. The number of thiophene rings is 1. The Morgan fingerprint density at radius 3 is 2.89 bits per heavy atom. The minimum atomic E-state index is 0.211. The van der Waals surface area contributed by atoms with Gasteiger partial charge in [-0.05, 0) is 47.9 Å². The molecule has 3 nitrogen and oxygen atoms in total. The molecule has 0 spiro atoms. The largest absolute Gasteiger partial charge is 0.369 e. The molecular weight excluding hydrogens is 242 g/mol. The molecular formula is C14H15N3S. The number of fused-ring (bicyclic) bond motifs is 1. The highest BCUT2D eigenvalue weighted by molar-refractivity contribution is 7.07. The van der Waals surface area contributed by atoms with Gasteiger partial charge in [-0.2, -0.15) is 11.3 Å². The Morgan fingerprint density at radius 1 is 1.33 bits per heavy atom. The van der Waals surface area contributed by atoms with Crippen molar-refractivity contribution in [3.05, 3.63) is 46.2 Å². The number of para-hydroxylation sites is 1. The number of aryl methyl sites for hydroxylation is 1. The quantitative estimate of drug-likeness (QED) is 0.762. The van der Waals surface area contributed by atoms with Crippen LogP contribution in [0.15, 0.2) is 35.0 Å². The SMILES string of the molecule is Cc1cccc2c1nc(N)n2C(C)c1ccsc1. The van der Waals surface area contributed by atoms with Crippen LogP contribution in [-0.4, -0.2) is 9.55 Å². The molecule has 92 valence electrons. The Labute approximate surface area is 110 Å². The van der Waals surface area contributed by atoms with Crippen LogP contribution in [0.2, 0.25) is 0 Å². The fourth-order valence-electron chi connectivity index (χ4n) is 2.34. The zero-order valence-corrected chi connectivity index (χ0v) is 11.2. The van der Waals surface area contributed by atoms with Crippen molar-refractivity contribution in [2.75, 3.05) is 5.73 Å². The molecule has 4 heteroatoms. The van der Waals surface area contributed by atoms with Gasteiger partial charge in [-0.1, -0.05) is 12.1 Å². The van der Waals surface area contributed by atoms with Crippen molar-refractivity contribution in [3.8, 4) is 0 Å². The van der Waals surface area contributed by atoms with E-state index in [-0.39, 0.29) is 6.04 Å². The molecule has 1 unspecified atom stereocenters. The molecule has 2 N–H and O–H groups in total. The Bertz CT molecular complexity index is 682. The highest BCUT2D eigenvalue weighted by Gasteiger charge is 2.16. The zero-order valence-electron chi connectivity index (χ0n) is 10.4. The van der Waals surface area contributed by atoms with E-state index in [4.69, 9.17) is 5.73 Å². The van der Waals surface area contributed by atoms with Gasteiger partial charge in [-0.3, -0.25) is 0 Å². The van der Waals surface area contributed by atoms with Gasteiger partial charge in [0, 0.05) is 0 Å². The average Bonchev–Trinajstić information content (AvgIpc) is 2.96. The van der Waals surface area contributed by atoms with Gasteiger partial charge in [0.1, 0.15) is 0 Å². The number of aromatic nitrogens is 2. The van der Waals surface area contributed by atoms with E-state index in [1.54, 1.807) is 11.3 Å². The number of benzene rings is 1. The molecule has 2 aromatic heterocycles. The highest BCUT2D eigenvalue weighted by Crippen LogP contribution is 2.29. The minimum absolute atomic E-state index is 0.211. The third kappa shape index (κ3) is 1.61. The molecule has 3 rings (SSSR count). The van der Waals surface area contributed by atoms with E-state index in [1.165, 1.54) is 5.56 Å². The number of hydrogen-bond donors (Lipinski definition) is 1. The topological polar surface area (TPSA) is 43.8 Å². The molecule has 18 heavy (non-hydrogen) atoms. The van der Waals surface area contributed by atoms with Crippen molar-refractivity contribution >= 4 is 28.3 Å². The summed E-state index contributed by atoms with van der Waals surface area (Å²) in [4.78, 5) is 4.49. The lowest BCUT2D eigenvalue weighted by Crippen LogP contribution is -2.09. The summed E-state index contributed by atoms with van der Waals surface area (Å²) in [6.07, 6.45) is 0. The Balaban J connectivity index is 2.23. The summed E-state index contributed by atoms with van der Waals surface area (Å²) in [5.74, 6) is 0.581. The van der Waals surface area contributed by atoms with Crippen LogP contribution < -0.4 is 5.73 Å². The normalized spacial score (nSPS) is 13.0. The van der Waals surface area contributed by atoms with E-state index in [1.807, 2.05) is 0 Å². The molecule has 0 fully saturated rings. The van der Waals surface area contributed by atoms with Crippen molar-refractivity contribution in [3.63, 3.8) is 0 Å². The standard InChI is InChI=1S/C14H15N3S/c1-9-4-3-5-12-13(9)16-14(15)17(12)10(2)11-6-7-18-8-11/h3-8,10H,1-2H3,(H2,15,16). The van der Waals surface area contributed by atoms with E-state index >= 15 is 0 Å². The van der Waals surface area contributed by atoms with Gasteiger partial charge in [-0.15, -0.1) is 0 Å². The Kier molecular flexibility index (Phi) is 2.59. The van der Waals surface area contributed by atoms with Crippen LogP contribution in [0.1, 0.15) is 24.1 Å². The van der Waals surface area contributed by atoms with Gasteiger partial charge in [-0.25, -0.2) is 4.98 Å². The van der Waals surface area contributed by atoms with Crippen LogP contribution in [0.25, 0.3) is 11.0 Å². The summed E-state index contributed by atoms with van der Waals surface area (Å²) in [6.45, 7) is 4.22. The average molecular weight is 257 g/mol. The second-order valence-corrected chi connectivity index (χ2v) is 5.30. The molecule has 0 radical (unpaired) electrons. The van der Waals surface area contributed by atoms with Gasteiger partial charge in [0.15, 0.2) is 0 Å². The monoisotopic (exact) mass is 257 g/mol. The first-order valence-corrected chi connectivity index (χ1v) is 6.88. The lowest BCUT2D eigenvalue weighted by atomic mass is 10.1. The Hall–Kier alpha value is -1.81. The fraction of sp³-hybridized carbons (Fsp3) is 0.214. The molecule has 2 heterocycles. The summed E-state index contributed by atoms with van der Waals surface area (Å²) in [6, 6.07) is 8.54. The van der Waals surface area contributed by atoms with Crippen LogP contribution in [0.4, 0.5) is 5.95 Å². The lowest BCUT2D eigenvalue weighted by molar-refractivity contribution is 0.670. The van der Waals surface area contributed by atoms with E-state index in [0.717, 1.165) is 16.6 Å². The van der Waals surface area contributed by atoms with E-state index in [2.05, 4.69) is 58.4 Å². The predicted molar refractivity (Wildman–Crippen MR) is 77.0 cm³/mol. The molecule has 0 bridgehead atoms. The third-order valence-electron chi connectivity index (χ3n) is 3.36. The summed E-state index contributed by atoms with van der Waals surface area (Å²) in [7, 11) is 0. The molecule has 0 aliphatic carbocycles. The first-order valence-electron chi connectivity index (χ1n) is 5.93. The van der Waals surface area contributed by atoms with Crippen molar-refractivity contribution in [1.29, 1.82) is 0 Å². The molecule has 0 saturated heterocycles. The van der Waals surface area contributed by atoms with E-state index < -0.39 is 0 Å². The maximum atomic E-state index is 6.08. The van der Waals surface area contributed by atoms with Gasteiger partial charge in [0.05, 0.1) is 17.1 Å². The van der Waals surface area contributed by atoms with Crippen LogP contribution >= 0.6 is 11.3 Å². The van der Waals surface area contributed by atoms with Gasteiger partial charge >= 0.3 is 0 Å². The first-order chi connectivity index (χ1) is 8.68. The van der Waals surface area contributed by atoms with Gasteiger partial charge in [0.25, 0.3) is 0 Å². The maximum absolute atomic E-state index is 6.08. The smallest absolute Gasteiger partial charge is 0.201 e. The van der Waals surface area contributed by atoms with Gasteiger partial charge in [0.2, 0.25) is 5.95 Å². The number of nitrogens with zero attached hydrogens (tertiary/aromatic N) is 2. The summed E-state index contributed by atoms with van der Waals surface area (Å²) in [5, 5.41) is 4.25. The minimum Gasteiger partial charge on any atom is -0.369 e. The number of rotatable bonds is 2. The van der Waals surface area contributed by atoms with Crippen LogP contribution in [0, 0.1) is 6.92 Å². The highest BCUT2D eigenvalue weighted by atomic mass is 32.1. The number of nitrogens with two attached hydrogens (primary N) is 1. The number of hydrogen-bond acceptors (Lipinski definition) is 3. The number of anilines is 1. The molecule has 0 amide bonds. The molecule has 0 aliphatic heterocycles. The fourth-order valence-corrected chi connectivity index (χ4v) is 3.09. The van der Waals surface area contributed by atoms with Crippen molar-refractivity contribution in [2.45, 2.75) is 19.9 Å². The number of imidazole rings is 1. The van der Waals surface area contributed by atoms with Crippen molar-refractivity contribution in [2.24, 2.45) is 0 Å². The summed E-state index contributed by atoms with van der Waals surface area (Å²) < 4.78 is 2.10. The maximum Gasteiger partial charge on any atom is 0.201 e. The summed E-state index contributed by atoms with van der Waals surface area (Å²) >= 11 is 1.71. The predicted octanol–water partition coefficient (Wildman–Crippen LogP) is 3.60. The van der Waals surface area contributed by atoms with Gasteiger partial charge < -0.3 is 10.3 Å². The second-order valence-electron chi connectivity index (χ2n) is 4.52. The molecule has 1 atom stereocenters. The van der Waals surface area contributed by atoms with Crippen molar-refractivity contribution in [1.82, 2.24) is 9.55 Å². The number of nitrogen functional groups attached to an aromatic ring is 1. The van der Waals surface area contributed by atoms with Crippen LogP contribution in [0.3, 0.4) is 0 Å². The van der Waals surface area contributed by atoms with E-state index in [0.29, 0.717) is 5.95 Å². The third-order valence-corrected chi connectivity index (χ3v) is 4.06. The zero-order chi connectivity index (χ0) is 12.7. The van der Waals surface area contributed by atoms with Crippen LogP contribution in [-0.2, 0) is 0 Å². The van der Waals surface area contributed by atoms with Crippen molar-refractivity contribution < 1.29 is 0 Å². The van der Waals surface area contributed by atoms with E-state index in [9.17, 15) is 0 Å². The lowest BCUT2D eigenvalue weighted by Gasteiger charge is -2.14. The van der Waals surface area contributed by atoms with Crippen LogP contribution in [0.5, 0.6) is 0 Å². The molecule has 0 aliphatic rings.